The zero-order chi connectivity index (χ0) is 17.3. The summed E-state index contributed by atoms with van der Waals surface area (Å²) in [6.07, 6.45) is 1.73. The van der Waals surface area contributed by atoms with Crippen molar-refractivity contribution >= 4 is 63.5 Å². The van der Waals surface area contributed by atoms with E-state index in [1.807, 2.05) is 6.07 Å². The highest BCUT2D eigenvalue weighted by molar-refractivity contribution is 8.27. The molecule has 1 saturated heterocycles. The summed E-state index contributed by atoms with van der Waals surface area (Å²) >= 11 is 12.4. The van der Waals surface area contributed by atoms with Crippen LogP contribution in [0.4, 0.5) is 5.69 Å². The van der Waals surface area contributed by atoms with Crippen LogP contribution in [-0.2, 0) is 4.79 Å². The minimum atomic E-state index is -1.02. The van der Waals surface area contributed by atoms with Crippen molar-refractivity contribution in [1.29, 1.82) is 0 Å². The van der Waals surface area contributed by atoms with Gasteiger partial charge in [0.05, 0.1) is 16.2 Å². The second kappa shape index (κ2) is 6.76. The Morgan fingerprint density at radius 1 is 1.21 bits per heavy atom. The van der Waals surface area contributed by atoms with E-state index in [2.05, 4.69) is 0 Å². The molecule has 0 bridgehead atoms. The Morgan fingerprint density at radius 2 is 1.92 bits per heavy atom. The van der Waals surface area contributed by atoms with Crippen LogP contribution in [-0.4, -0.2) is 21.3 Å². The molecule has 24 heavy (non-hydrogen) atoms. The second-order valence-corrected chi connectivity index (χ2v) is 7.04. The molecule has 2 aromatic rings. The Hall–Kier alpha value is -2.15. The molecular weight excluding hydrogens is 366 g/mol. The average Bonchev–Trinajstić information content (AvgIpc) is 2.81. The third-order valence-electron chi connectivity index (χ3n) is 3.31. The third kappa shape index (κ3) is 3.36. The van der Waals surface area contributed by atoms with E-state index in [1.54, 1.807) is 36.4 Å². The molecule has 7 heteroatoms. The van der Waals surface area contributed by atoms with Crippen LogP contribution in [0.25, 0.3) is 6.08 Å². The van der Waals surface area contributed by atoms with Crippen molar-refractivity contribution in [1.82, 2.24) is 0 Å². The van der Waals surface area contributed by atoms with Crippen LogP contribution in [0, 0.1) is 0 Å². The van der Waals surface area contributed by atoms with Crippen LogP contribution in [0.1, 0.15) is 15.9 Å². The zero-order valence-corrected chi connectivity index (χ0v) is 14.5. The van der Waals surface area contributed by atoms with Crippen LogP contribution >= 0.6 is 35.6 Å². The number of carbonyl (C=O) groups is 2. The molecule has 4 nitrogen and oxygen atoms in total. The van der Waals surface area contributed by atoms with Crippen LogP contribution in [0.5, 0.6) is 0 Å². The fraction of sp³-hybridized carbons (Fsp3) is 0. The number of carboxylic acids is 1. The predicted octanol–water partition coefficient (Wildman–Crippen LogP) is 4.44. The van der Waals surface area contributed by atoms with Crippen LogP contribution in [0.15, 0.2) is 53.4 Å². The number of benzene rings is 2. The molecule has 0 aliphatic carbocycles. The van der Waals surface area contributed by atoms with Gasteiger partial charge in [-0.1, -0.05) is 47.7 Å². The Labute approximate surface area is 152 Å². The summed E-state index contributed by atoms with van der Waals surface area (Å²) in [6.45, 7) is 0. The van der Waals surface area contributed by atoms with Crippen molar-refractivity contribution < 1.29 is 14.7 Å². The van der Waals surface area contributed by atoms with Gasteiger partial charge in [-0.25, -0.2) is 4.79 Å². The van der Waals surface area contributed by atoms with Gasteiger partial charge in [-0.2, -0.15) is 0 Å². The summed E-state index contributed by atoms with van der Waals surface area (Å²) in [4.78, 5) is 25.4. The fourth-order valence-electron chi connectivity index (χ4n) is 2.19. The van der Waals surface area contributed by atoms with Gasteiger partial charge in [-0.05, 0) is 48.0 Å². The summed E-state index contributed by atoms with van der Waals surface area (Å²) in [6, 6.07) is 13.2. The molecule has 0 radical (unpaired) electrons. The minimum absolute atomic E-state index is 0.152. The molecule has 1 aliphatic rings. The molecule has 0 aromatic heterocycles. The Kier molecular flexibility index (Phi) is 4.71. The molecule has 3 rings (SSSR count). The molecule has 0 atom stereocenters. The molecule has 1 amide bonds. The minimum Gasteiger partial charge on any atom is -0.478 e. The number of thiocarbonyl (C=S) groups is 1. The molecule has 1 N–H and O–H groups in total. The molecular formula is C17H10ClNO3S2. The van der Waals surface area contributed by atoms with Gasteiger partial charge < -0.3 is 5.11 Å². The number of hydrogen-bond acceptors (Lipinski definition) is 4. The van der Waals surface area contributed by atoms with E-state index in [1.165, 1.54) is 28.8 Å². The van der Waals surface area contributed by atoms with Crippen LogP contribution in [0.2, 0.25) is 5.02 Å². The van der Waals surface area contributed by atoms with E-state index in [9.17, 15) is 9.59 Å². The number of hydrogen-bond donors (Lipinski definition) is 1. The lowest BCUT2D eigenvalue weighted by Gasteiger charge is -2.14. The maximum atomic E-state index is 12.6. The SMILES string of the molecule is O=C(O)c1ccc(N2C(=O)/C(=C\c3cccc(Cl)c3)SC2=S)cc1. The van der Waals surface area contributed by atoms with Crippen molar-refractivity contribution in [2.75, 3.05) is 4.90 Å². The van der Waals surface area contributed by atoms with Crippen molar-refractivity contribution in [3.8, 4) is 0 Å². The van der Waals surface area contributed by atoms with Crippen molar-refractivity contribution in [3.63, 3.8) is 0 Å². The zero-order valence-electron chi connectivity index (χ0n) is 12.1. The quantitative estimate of drug-likeness (QED) is 0.634. The summed E-state index contributed by atoms with van der Waals surface area (Å²) in [5, 5.41) is 9.53. The Balaban J connectivity index is 1.90. The first kappa shape index (κ1) is 16.7. The van der Waals surface area contributed by atoms with E-state index >= 15 is 0 Å². The van der Waals surface area contributed by atoms with Crippen molar-refractivity contribution in [2.24, 2.45) is 0 Å². The summed E-state index contributed by atoms with van der Waals surface area (Å²) in [7, 11) is 0. The largest absolute Gasteiger partial charge is 0.478 e. The number of aromatic carboxylic acids is 1. The van der Waals surface area contributed by atoms with Crippen LogP contribution in [0.3, 0.4) is 0 Å². The maximum absolute atomic E-state index is 12.6. The Bertz CT molecular complexity index is 878. The van der Waals surface area contributed by atoms with E-state index in [0.29, 0.717) is 19.9 Å². The first-order valence-corrected chi connectivity index (χ1v) is 8.43. The number of carbonyl (C=O) groups excluding carboxylic acids is 1. The fourth-order valence-corrected chi connectivity index (χ4v) is 3.69. The second-order valence-electron chi connectivity index (χ2n) is 4.92. The first-order valence-electron chi connectivity index (χ1n) is 6.82. The molecule has 120 valence electrons. The lowest BCUT2D eigenvalue weighted by Crippen LogP contribution is -2.27. The number of nitrogens with zero attached hydrogens (tertiary/aromatic N) is 1. The molecule has 1 fully saturated rings. The van der Waals surface area contributed by atoms with E-state index < -0.39 is 5.97 Å². The smallest absolute Gasteiger partial charge is 0.335 e. The predicted molar refractivity (Wildman–Crippen MR) is 101 cm³/mol. The highest BCUT2D eigenvalue weighted by atomic mass is 35.5. The van der Waals surface area contributed by atoms with Gasteiger partial charge in [0.15, 0.2) is 4.32 Å². The Morgan fingerprint density at radius 3 is 2.54 bits per heavy atom. The number of anilines is 1. The molecule has 0 saturated carbocycles. The molecule has 0 unspecified atom stereocenters. The molecule has 0 spiro atoms. The summed E-state index contributed by atoms with van der Waals surface area (Å²) in [5.41, 5.74) is 1.50. The number of rotatable bonds is 3. The van der Waals surface area contributed by atoms with Crippen molar-refractivity contribution in [3.05, 3.63) is 69.6 Å². The molecule has 2 aromatic carbocycles. The maximum Gasteiger partial charge on any atom is 0.335 e. The van der Waals surface area contributed by atoms with Gasteiger partial charge in [-0.3, -0.25) is 9.69 Å². The van der Waals surface area contributed by atoms with Gasteiger partial charge >= 0.3 is 5.97 Å². The van der Waals surface area contributed by atoms with Gasteiger partial charge in [0.25, 0.3) is 5.91 Å². The monoisotopic (exact) mass is 375 g/mol. The third-order valence-corrected chi connectivity index (χ3v) is 4.85. The average molecular weight is 376 g/mol. The van der Waals surface area contributed by atoms with E-state index in [4.69, 9.17) is 28.9 Å². The topological polar surface area (TPSA) is 57.6 Å². The van der Waals surface area contributed by atoms with E-state index in [0.717, 1.165) is 5.56 Å². The highest BCUT2D eigenvalue weighted by Gasteiger charge is 2.33. The van der Waals surface area contributed by atoms with E-state index in [-0.39, 0.29) is 11.5 Å². The van der Waals surface area contributed by atoms with Gasteiger partial charge in [-0.15, -0.1) is 0 Å². The lowest BCUT2D eigenvalue weighted by molar-refractivity contribution is -0.113. The van der Waals surface area contributed by atoms with Crippen molar-refractivity contribution in [2.45, 2.75) is 0 Å². The van der Waals surface area contributed by atoms with Gasteiger partial charge in [0.2, 0.25) is 0 Å². The standard InChI is InChI=1S/C17H10ClNO3S2/c18-12-3-1-2-10(8-12)9-14-15(20)19(17(23)24-14)13-6-4-11(5-7-13)16(21)22/h1-9H,(H,21,22)/b14-9+. The number of halogens is 1. The summed E-state index contributed by atoms with van der Waals surface area (Å²) < 4.78 is 0.399. The highest BCUT2D eigenvalue weighted by Crippen LogP contribution is 2.36. The normalized spacial score (nSPS) is 16.0. The lowest BCUT2D eigenvalue weighted by atomic mass is 10.2. The van der Waals surface area contributed by atoms with Crippen LogP contribution < -0.4 is 4.90 Å². The number of amides is 1. The number of carboxylic acid groups (broad SMARTS) is 1. The molecule has 1 aliphatic heterocycles. The van der Waals surface area contributed by atoms with Gasteiger partial charge in [0, 0.05) is 5.02 Å². The summed E-state index contributed by atoms with van der Waals surface area (Å²) in [5.74, 6) is -1.26. The number of thioether (sulfide) groups is 1. The molecule has 1 heterocycles. The first-order chi connectivity index (χ1) is 11.5. The van der Waals surface area contributed by atoms with Gasteiger partial charge in [0.1, 0.15) is 0 Å².